The van der Waals surface area contributed by atoms with Gasteiger partial charge in [0.25, 0.3) is 0 Å². The molecule has 2 heterocycles. The summed E-state index contributed by atoms with van der Waals surface area (Å²) in [6.07, 6.45) is 0.747. The summed E-state index contributed by atoms with van der Waals surface area (Å²) >= 11 is 7.87. The first-order valence-corrected chi connectivity index (χ1v) is 11.6. The number of amides is 1. The molecule has 0 spiro atoms. The molecule has 0 aliphatic carbocycles. The van der Waals surface area contributed by atoms with Crippen LogP contribution in [0.4, 0.5) is 4.79 Å². The summed E-state index contributed by atoms with van der Waals surface area (Å²) in [5.41, 5.74) is 4.65. The summed E-state index contributed by atoms with van der Waals surface area (Å²) in [4.78, 5) is 17.2. The molecule has 1 amide bonds. The maximum atomic E-state index is 12.3. The highest BCUT2D eigenvalue weighted by Gasteiger charge is 2.29. The Labute approximate surface area is 189 Å². The number of fused-ring (bicyclic) bond motifs is 3. The van der Waals surface area contributed by atoms with Crippen LogP contribution in [0.25, 0.3) is 5.69 Å². The number of nitrogens with zero attached hydrogens (tertiary/aromatic N) is 4. The van der Waals surface area contributed by atoms with E-state index in [1.807, 2.05) is 35.8 Å². The van der Waals surface area contributed by atoms with E-state index in [2.05, 4.69) is 40.0 Å². The van der Waals surface area contributed by atoms with Crippen LogP contribution in [0.15, 0.2) is 47.5 Å². The number of halogens is 1. The zero-order valence-corrected chi connectivity index (χ0v) is 19.0. The number of hydrogen-bond acceptors (Lipinski definition) is 6. The molecular formula is C22H22ClN5O2S. The highest BCUT2D eigenvalue weighted by atomic mass is 35.5. The Balaban J connectivity index is 1.94. The van der Waals surface area contributed by atoms with Gasteiger partial charge in [0, 0.05) is 21.9 Å². The topological polar surface area (TPSA) is 81.4 Å². The number of hydrogen-bond donors (Lipinski definition) is 1. The smallest absolute Gasteiger partial charge is 0.409 e. The summed E-state index contributed by atoms with van der Waals surface area (Å²) in [5, 5.41) is 12.0. The molecule has 1 aliphatic rings. The quantitative estimate of drug-likeness (QED) is 0.603. The Morgan fingerprint density at radius 3 is 2.71 bits per heavy atom. The summed E-state index contributed by atoms with van der Waals surface area (Å²) < 4.78 is 7.03. The van der Waals surface area contributed by atoms with Gasteiger partial charge in [0.1, 0.15) is 5.82 Å². The predicted molar refractivity (Wildman–Crippen MR) is 123 cm³/mol. The SMILES string of the molecule is CCOC(=O)NC1N=C(c2ccc(Cl)cc2)c2cc(CSC)ccc2-n2c(C)nnc21. The summed E-state index contributed by atoms with van der Waals surface area (Å²) in [6, 6.07) is 13.8. The number of alkyl carbamates (subject to hydrolysis) is 1. The van der Waals surface area contributed by atoms with Crippen LogP contribution < -0.4 is 5.32 Å². The molecule has 7 nitrogen and oxygen atoms in total. The van der Waals surface area contributed by atoms with E-state index in [-0.39, 0.29) is 6.61 Å². The summed E-state index contributed by atoms with van der Waals surface area (Å²) in [7, 11) is 0. The lowest BCUT2D eigenvalue weighted by Crippen LogP contribution is -2.30. The van der Waals surface area contributed by atoms with Crippen LogP contribution in [0.1, 0.15) is 41.4 Å². The largest absolute Gasteiger partial charge is 0.450 e. The first-order chi connectivity index (χ1) is 15.0. The second-order valence-corrected chi connectivity index (χ2v) is 8.28. The molecule has 0 radical (unpaired) electrons. The van der Waals surface area contributed by atoms with Crippen LogP contribution in [-0.4, -0.2) is 39.4 Å². The van der Waals surface area contributed by atoms with E-state index in [9.17, 15) is 4.79 Å². The van der Waals surface area contributed by atoms with Crippen molar-refractivity contribution in [2.45, 2.75) is 25.8 Å². The number of aromatic nitrogens is 3. The van der Waals surface area contributed by atoms with E-state index in [1.165, 1.54) is 5.56 Å². The zero-order valence-electron chi connectivity index (χ0n) is 17.4. The second-order valence-electron chi connectivity index (χ2n) is 6.98. The Morgan fingerprint density at radius 1 is 1.23 bits per heavy atom. The van der Waals surface area contributed by atoms with Gasteiger partial charge in [-0.3, -0.25) is 14.9 Å². The zero-order chi connectivity index (χ0) is 22.0. The molecule has 3 aromatic rings. The number of carbonyl (C=O) groups is 1. The van der Waals surface area contributed by atoms with Gasteiger partial charge in [-0.25, -0.2) is 4.79 Å². The normalized spacial score (nSPS) is 14.8. The monoisotopic (exact) mass is 455 g/mol. The van der Waals surface area contributed by atoms with Gasteiger partial charge in [-0.05, 0) is 49.9 Å². The van der Waals surface area contributed by atoms with Crippen LogP contribution >= 0.6 is 23.4 Å². The molecule has 4 rings (SSSR count). The number of rotatable bonds is 5. The first kappa shape index (κ1) is 21.4. The van der Waals surface area contributed by atoms with Crippen LogP contribution in [0.2, 0.25) is 5.02 Å². The van der Waals surface area contributed by atoms with E-state index in [0.29, 0.717) is 16.7 Å². The van der Waals surface area contributed by atoms with E-state index in [4.69, 9.17) is 21.3 Å². The lowest BCUT2D eigenvalue weighted by atomic mass is 9.98. The van der Waals surface area contributed by atoms with Crippen molar-refractivity contribution in [2.75, 3.05) is 12.9 Å². The Kier molecular flexibility index (Phi) is 6.29. The third kappa shape index (κ3) is 4.31. The number of thioether (sulfide) groups is 1. The van der Waals surface area contributed by atoms with Crippen LogP contribution in [0.3, 0.4) is 0 Å². The van der Waals surface area contributed by atoms with E-state index in [0.717, 1.165) is 28.3 Å². The molecule has 1 aliphatic heterocycles. The Morgan fingerprint density at radius 2 is 2.00 bits per heavy atom. The standard InChI is InChI=1S/C22H22ClN5O2S/c1-4-30-22(29)25-20-21-27-26-13(2)28(21)18-10-5-14(12-31-3)11-17(18)19(24-20)15-6-8-16(23)9-7-15/h5-11,20H,4,12H2,1-3H3,(H,25,29). The van der Waals surface area contributed by atoms with Gasteiger partial charge in [0.05, 0.1) is 18.0 Å². The molecule has 0 saturated heterocycles. The molecule has 1 atom stereocenters. The maximum Gasteiger partial charge on any atom is 0.409 e. The van der Waals surface area contributed by atoms with E-state index < -0.39 is 12.3 Å². The number of aryl methyl sites for hydroxylation is 1. The number of benzene rings is 2. The van der Waals surface area contributed by atoms with Crippen molar-refractivity contribution in [3.05, 3.63) is 75.8 Å². The van der Waals surface area contributed by atoms with Crippen molar-refractivity contribution < 1.29 is 9.53 Å². The van der Waals surface area contributed by atoms with Gasteiger partial charge in [0.15, 0.2) is 12.0 Å². The third-order valence-electron chi connectivity index (χ3n) is 4.87. The average molecular weight is 456 g/mol. The highest BCUT2D eigenvalue weighted by Crippen LogP contribution is 2.31. The predicted octanol–water partition coefficient (Wildman–Crippen LogP) is 4.69. The highest BCUT2D eigenvalue weighted by molar-refractivity contribution is 7.97. The minimum absolute atomic E-state index is 0.260. The average Bonchev–Trinajstić information content (AvgIpc) is 3.07. The Hall–Kier alpha value is -2.84. The number of carbonyl (C=O) groups excluding carboxylic acids is 1. The number of nitrogens with one attached hydrogen (secondary N) is 1. The number of aliphatic imine (C=N–C) groups is 1. The van der Waals surface area contributed by atoms with Gasteiger partial charge >= 0.3 is 6.09 Å². The van der Waals surface area contributed by atoms with Crippen molar-refractivity contribution in [2.24, 2.45) is 4.99 Å². The van der Waals surface area contributed by atoms with Crippen molar-refractivity contribution in [1.82, 2.24) is 20.1 Å². The van der Waals surface area contributed by atoms with Gasteiger partial charge in [-0.15, -0.1) is 10.2 Å². The molecule has 0 saturated carbocycles. The molecule has 31 heavy (non-hydrogen) atoms. The molecule has 0 fully saturated rings. The van der Waals surface area contributed by atoms with Crippen LogP contribution in [0, 0.1) is 6.92 Å². The van der Waals surface area contributed by atoms with Gasteiger partial charge in [-0.1, -0.05) is 29.8 Å². The third-order valence-corrected chi connectivity index (χ3v) is 5.74. The molecule has 160 valence electrons. The second kappa shape index (κ2) is 9.11. The fourth-order valence-corrected chi connectivity index (χ4v) is 4.19. The fraction of sp³-hybridized carbons (Fsp3) is 0.273. The van der Waals surface area contributed by atoms with E-state index >= 15 is 0 Å². The molecule has 1 aromatic heterocycles. The molecule has 1 unspecified atom stereocenters. The van der Waals surface area contributed by atoms with E-state index in [1.54, 1.807) is 18.7 Å². The molecule has 2 aromatic carbocycles. The molecule has 0 bridgehead atoms. The fourth-order valence-electron chi connectivity index (χ4n) is 3.55. The van der Waals surface area contributed by atoms with Crippen molar-refractivity contribution in [3.63, 3.8) is 0 Å². The molecule has 9 heteroatoms. The molecular weight excluding hydrogens is 434 g/mol. The Bertz CT molecular complexity index is 1140. The van der Waals surface area contributed by atoms with Gasteiger partial charge in [0.2, 0.25) is 0 Å². The van der Waals surface area contributed by atoms with Crippen LogP contribution in [-0.2, 0) is 10.5 Å². The lowest BCUT2D eigenvalue weighted by molar-refractivity contribution is 0.148. The number of ether oxygens (including phenoxy) is 1. The maximum absolute atomic E-state index is 12.3. The van der Waals surface area contributed by atoms with Crippen molar-refractivity contribution in [3.8, 4) is 5.69 Å². The minimum atomic E-state index is -0.762. The lowest BCUT2D eigenvalue weighted by Gasteiger charge is -2.14. The van der Waals surface area contributed by atoms with Gasteiger partial charge in [-0.2, -0.15) is 11.8 Å². The first-order valence-electron chi connectivity index (χ1n) is 9.83. The van der Waals surface area contributed by atoms with Gasteiger partial charge < -0.3 is 4.74 Å². The summed E-state index contributed by atoms with van der Waals surface area (Å²) in [5.74, 6) is 2.10. The molecule has 1 N–H and O–H groups in total. The summed E-state index contributed by atoms with van der Waals surface area (Å²) in [6.45, 7) is 3.89. The van der Waals surface area contributed by atoms with Crippen molar-refractivity contribution >= 4 is 35.2 Å². The van der Waals surface area contributed by atoms with Crippen molar-refractivity contribution in [1.29, 1.82) is 0 Å². The van der Waals surface area contributed by atoms with Crippen LogP contribution in [0.5, 0.6) is 0 Å². The minimum Gasteiger partial charge on any atom is -0.450 e.